The van der Waals surface area contributed by atoms with Gasteiger partial charge in [-0.3, -0.25) is 0 Å². The summed E-state index contributed by atoms with van der Waals surface area (Å²) in [4.78, 5) is 0. The van der Waals surface area contributed by atoms with Crippen molar-refractivity contribution in [1.29, 1.82) is 0 Å². The summed E-state index contributed by atoms with van der Waals surface area (Å²) in [5.74, 6) is 0.0985. The quantitative estimate of drug-likeness (QED) is 0.861. The molecule has 5 heteroatoms. The molecule has 0 aliphatic carbocycles. The van der Waals surface area contributed by atoms with Crippen molar-refractivity contribution < 1.29 is 12.8 Å². The van der Waals surface area contributed by atoms with E-state index in [0.717, 1.165) is 6.42 Å². The van der Waals surface area contributed by atoms with Crippen molar-refractivity contribution in [3.8, 4) is 0 Å². The van der Waals surface area contributed by atoms with Crippen LogP contribution < -0.4 is 5.32 Å². The summed E-state index contributed by atoms with van der Waals surface area (Å²) in [6, 6.07) is 5.99. The molecule has 0 radical (unpaired) electrons. The van der Waals surface area contributed by atoms with E-state index in [1.54, 1.807) is 12.1 Å². The minimum absolute atomic E-state index is 0.0967. The predicted molar refractivity (Wildman–Crippen MR) is 61.7 cm³/mol. The van der Waals surface area contributed by atoms with Crippen LogP contribution in [0.1, 0.15) is 12.8 Å². The van der Waals surface area contributed by atoms with E-state index in [1.807, 2.05) is 0 Å². The van der Waals surface area contributed by atoms with E-state index in [4.69, 9.17) is 0 Å². The molecule has 1 unspecified atom stereocenters. The Balaban J connectivity index is 2.05. The van der Waals surface area contributed by atoms with Crippen molar-refractivity contribution in [2.45, 2.75) is 18.9 Å². The second kappa shape index (κ2) is 4.41. The van der Waals surface area contributed by atoms with Crippen LogP contribution in [0.4, 0.5) is 10.1 Å². The van der Waals surface area contributed by atoms with Gasteiger partial charge in [0.2, 0.25) is 0 Å². The number of halogens is 1. The Morgan fingerprint density at radius 2 is 2.19 bits per heavy atom. The molecule has 0 saturated carbocycles. The summed E-state index contributed by atoms with van der Waals surface area (Å²) >= 11 is 0. The van der Waals surface area contributed by atoms with Gasteiger partial charge in [-0.05, 0) is 31.0 Å². The maximum absolute atomic E-state index is 12.9. The maximum atomic E-state index is 12.9. The van der Waals surface area contributed by atoms with E-state index in [9.17, 15) is 12.8 Å². The third-order valence-corrected chi connectivity index (χ3v) is 4.48. The highest BCUT2D eigenvalue weighted by atomic mass is 32.2. The van der Waals surface area contributed by atoms with E-state index < -0.39 is 9.84 Å². The summed E-state index contributed by atoms with van der Waals surface area (Å²) in [7, 11) is -2.92. The lowest BCUT2D eigenvalue weighted by molar-refractivity contribution is 0.562. The average Bonchev–Trinajstić information content (AvgIpc) is 2.15. The molecule has 1 fully saturated rings. The molecule has 2 rings (SSSR count). The highest BCUT2D eigenvalue weighted by molar-refractivity contribution is 7.91. The van der Waals surface area contributed by atoms with Gasteiger partial charge in [0.25, 0.3) is 0 Å². The minimum Gasteiger partial charge on any atom is -0.381 e. The number of anilines is 1. The molecule has 1 aromatic carbocycles. The average molecular weight is 243 g/mol. The predicted octanol–water partition coefficient (Wildman–Crippen LogP) is 1.81. The zero-order valence-electron chi connectivity index (χ0n) is 8.82. The molecule has 88 valence electrons. The van der Waals surface area contributed by atoms with Gasteiger partial charge in [0.05, 0.1) is 11.5 Å². The first-order valence-electron chi connectivity index (χ1n) is 5.28. The number of hydrogen-bond donors (Lipinski definition) is 1. The molecule has 1 aliphatic heterocycles. The first-order valence-corrected chi connectivity index (χ1v) is 7.10. The highest BCUT2D eigenvalue weighted by Gasteiger charge is 2.24. The Morgan fingerprint density at radius 3 is 2.88 bits per heavy atom. The molecule has 0 amide bonds. The Labute approximate surface area is 94.6 Å². The van der Waals surface area contributed by atoms with Gasteiger partial charge in [0.15, 0.2) is 9.84 Å². The summed E-state index contributed by atoms with van der Waals surface area (Å²) in [6.45, 7) is 0. The Hall–Kier alpha value is -1.10. The largest absolute Gasteiger partial charge is 0.381 e. The van der Waals surface area contributed by atoms with Crippen LogP contribution in [0.25, 0.3) is 0 Å². The molecule has 0 bridgehead atoms. The van der Waals surface area contributed by atoms with Crippen LogP contribution >= 0.6 is 0 Å². The van der Waals surface area contributed by atoms with Crippen LogP contribution in [0.2, 0.25) is 0 Å². The normalized spacial score (nSPS) is 23.9. The molecule has 1 aromatic rings. The fourth-order valence-corrected chi connectivity index (χ4v) is 3.59. The molecule has 16 heavy (non-hydrogen) atoms. The van der Waals surface area contributed by atoms with Gasteiger partial charge in [-0.1, -0.05) is 6.07 Å². The third-order valence-electron chi connectivity index (χ3n) is 2.66. The number of hydrogen-bond acceptors (Lipinski definition) is 3. The first kappa shape index (κ1) is 11.4. The summed E-state index contributed by atoms with van der Waals surface area (Å²) < 4.78 is 35.7. The monoisotopic (exact) mass is 243 g/mol. The zero-order valence-corrected chi connectivity index (χ0v) is 9.63. The molecule has 1 atom stereocenters. The lowest BCUT2D eigenvalue weighted by Gasteiger charge is -2.23. The lowest BCUT2D eigenvalue weighted by atomic mass is 10.1. The summed E-state index contributed by atoms with van der Waals surface area (Å²) in [5, 5.41) is 3.06. The number of rotatable bonds is 2. The Bertz CT molecular complexity index is 473. The Morgan fingerprint density at radius 1 is 1.38 bits per heavy atom. The van der Waals surface area contributed by atoms with Gasteiger partial charge in [-0.15, -0.1) is 0 Å². The van der Waals surface area contributed by atoms with E-state index in [-0.39, 0.29) is 23.4 Å². The fraction of sp³-hybridized carbons (Fsp3) is 0.455. The van der Waals surface area contributed by atoms with Crippen LogP contribution in [-0.2, 0) is 9.84 Å². The minimum atomic E-state index is -2.92. The SMILES string of the molecule is O=S1(=O)CCCC(Nc2cccc(F)c2)C1. The molecule has 1 N–H and O–H groups in total. The lowest BCUT2D eigenvalue weighted by Crippen LogP contribution is -2.34. The van der Waals surface area contributed by atoms with E-state index >= 15 is 0 Å². The van der Waals surface area contributed by atoms with Crippen molar-refractivity contribution in [3.63, 3.8) is 0 Å². The fourth-order valence-electron chi connectivity index (χ4n) is 1.95. The molecule has 3 nitrogen and oxygen atoms in total. The first-order chi connectivity index (χ1) is 7.55. The van der Waals surface area contributed by atoms with Gasteiger partial charge >= 0.3 is 0 Å². The molecule has 1 saturated heterocycles. The number of nitrogens with one attached hydrogen (secondary N) is 1. The topological polar surface area (TPSA) is 46.2 Å². The maximum Gasteiger partial charge on any atom is 0.152 e. The van der Waals surface area contributed by atoms with Crippen LogP contribution in [0, 0.1) is 5.82 Å². The van der Waals surface area contributed by atoms with Gasteiger partial charge in [-0.2, -0.15) is 0 Å². The second-order valence-electron chi connectivity index (χ2n) is 4.11. The molecule has 0 aromatic heterocycles. The van der Waals surface area contributed by atoms with E-state index in [1.165, 1.54) is 12.1 Å². The van der Waals surface area contributed by atoms with E-state index in [0.29, 0.717) is 12.1 Å². The van der Waals surface area contributed by atoms with Crippen LogP contribution in [0.3, 0.4) is 0 Å². The van der Waals surface area contributed by atoms with Crippen molar-refractivity contribution in [2.24, 2.45) is 0 Å². The number of benzene rings is 1. The van der Waals surface area contributed by atoms with Crippen molar-refractivity contribution in [1.82, 2.24) is 0 Å². The van der Waals surface area contributed by atoms with Crippen LogP contribution in [-0.4, -0.2) is 26.0 Å². The van der Waals surface area contributed by atoms with Crippen molar-refractivity contribution in [3.05, 3.63) is 30.1 Å². The highest BCUT2D eigenvalue weighted by Crippen LogP contribution is 2.17. The molecule has 1 aliphatic rings. The van der Waals surface area contributed by atoms with Gasteiger partial charge in [-0.25, -0.2) is 12.8 Å². The smallest absolute Gasteiger partial charge is 0.152 e. The van der Waals surface area contributed by atoms with E-state index in [2.05, 4.69) is 5.32 Å². The van der Waals surface area contributed by atoms with Gasteiger partial charge < -0.3 is 5.32 Å². The number of sulfone groups is 1. The molecular formula is C11H14FNO2S. The summed E-state index contributed by atoms with van der Waals surface area (Å²) in [5.41, 5.74) is 0.641. The second-order valence-corrected chi connectivity index (χ2v) is 6.34. The standard InChI is InChI=1S/C11H14FNO2S/c12-9-3-1-4-10(7-9)13-11-5-2-6-16(14,15)8-11/h1,3-4,7,11,13H,2,5-6,8H2. The van der Waals surface area contributed by atoms with Crippen LogP contribution in [0.15, 0.2) is 24.3 Å². The summed E-state index contributed by atoms with van der Waals surface area (Å²) in [6.07, 6.45) is 1.49. The Kier molecular flexibility index (Phi) is 3.14. The molecule has 1 heterocycles. The van der Waals surface area contributed by atoms with Gasteiger partial charge in [0, 0.05) is 11.7 Å². The third kappa shape index (κ3) is 2.95. The van der Waals surface area contributed by atoms with Crippen molar-refractivity contribution in [2.75, 3.05) is 16.8 Å². The molecular weight excluding hydrogens is 229 g/mol. The van der Waals surface area contributed by atoms with Crippen molar-refractivity contribution >= 4 is 15.5 Å². The molecule has 0 spiro atoms. The van der Waals surface area contributed by atoms with Crippen LogP contribution in [0.5, 0.6) is 0 Å². The zero-order chi connectivity index (χ0) is 11.6. The van der Waals surface area contributed by atoms with Gasteiger partial charge in [0.1, 0.15) is 5.82 Å².